The van der Waals surface area contributed by atoms with Crippen LogP contribution in [0, 0.1) is 5.92 Å². The molecule has 0 spiro atoms. The molecule has 2 heterocycles. The van der Waals surface area contributed by atoms with Gasteiger partial charge in [0.25, 0.3) is 0 Å². The van der Waals surface area contributed by atoms with Crippen LogP contribution in [0.5, 0.6) is 0 Å². The summed E-state index contributed by atoms with van der Waals surface area (Å²) in [6.45, 7) is 4.46. The monoisotopic (exact) mass is 195 g/mol. The molecule has 14 heavy (non-hydrogen) atoms. The summed E-state index contributed by atoms with van der Waals surface area (Å²) >= 11 is 0. The second-order valence-electron chi connectivity index (χ2n) is 5.21. The van der Waals surface area contributed by atoms with Gasteiger partial charge in [-0.2, -0.15) is 0 Å². The lowest BCUT2D eigenvalue weighted by atomic mass is 10.0. The van der Waals surface area contributed by atoms with Gasteiger partial charge in [0.15, 0.2) is 0 Å². The number of fused-ring (bicyclic) bond motifs is 3. The van der Waals surface area contributed by atoms with E-state index in [-0.39, 0.29) is 0 Å². The zero-order valence-corrected chi connectivity index (χ0v) is 9.11. The smallest absolute Gasteiger partial charge is 0.0700 e. The van der Waals surface area contributed by atoms with Crippen LogP contribution in [0.2, 0.25) is 0 Å². The molecule has 0 bridgehead atoms. The van der Waals surface area contributed by atoms with E-state index >= 15 is 0 Å². The summed E-state index contributed by atoms with van der Waals surface area (Å²) in [7, 11) is 0. The van der Waals surface area contributed by atoms with E-state index in [1.165, 1.54) is 38.6 Å². The first kappa shape index (κ1) is 9.17. The quantitative estimate of drug-likeness (QED) is 0.635. The van der Waals surface area contributed by atoms with E-state index in [0.717, 1.165) is 24.6 Å². The number of ether oxygens (including phenoxy) is 1. The van der Waals surface area contributed by atoms with Crippen LogP contribution in [0.4, 0.5) is 0 Å². The minimum absolute atomic E-state index is 0.519. The van der Waals surface area contributed by atoms with Crippen molar-refractivity contribution in [2.75, 3.05) is 13.2 Å². The van der Waals surface area contributed by atoms with Crippen molar-refractivity contribution in [3.05, 3.63) is 0 Å². The van der Waals surface area contributed by atoms with E-state index in [2.05, 4.69) is 11.8 Å². The molecule has 0 aromatic carbocycles. The maximum atomic E-state index is 5.86. The van der Waals surface area contributed by atoms with Crippen LogP contribution in [0.1, 0.15) is 39.0 Å². The molecule has 1 aliphatic carbocycles. The Morgan fingerprint density at radius 2 is 2.29 bits per heavy atom. The third-order valence-corrected chi connectivity index (χ3v) is 4.48. The van der Waals surface area contributed by atoms with E-state index in [1.807, 2.05) is 0 Å². The molecule has 1 saturated carbocycles. The minimum Gasteiger partial charge on any atom is -0.375 e. The zero-order chi connectivity index (χ0) is 9.54. The van der Waals surface area contributed by atoms with E-state index in [1.54, 1.807) is 0 Å². The van der Waals surface area contributed by atoms with Crippen molar-refractivity contribution in [1.29, 1.82) is 0 Å². The Hall–Kier alpha value is -0.0800. The highest BCUT2D eigenvalue weighted by Gasteiger charge is 2.45. The fraction of sp³-hybridized carbons (Fsp3) is 1.00. The van der Waals surface area contributed by atoms with Crippen molar-refractivity contribution < 1.29 is 4.74 Å². The van der Waals surface area contributed by atoms with Crippen molar-refractivity contribution in [3.8, 4) is 0 Å². The maximum absolute atomic E-state index is 5.86. The molecule has 2 heteroatoms. The molecule has 3 aliphatic rings. The number of hydrogen-bond acceptors (Lipinski definition) is 2. The van der Waals surface area contributed by atoms with Gasteiger partial charge >= 0.3 is 0 Å². The Kier molecular flexibility index (Phi) is 2.29. The first-order valence-corrected chi connectivity index (χ1v) is 6.26. The predicted molar refractivity (Wildman–Crippen MR) is 56.3 cm³/mol. The SMILES string of the molecule is CC[C@H]1CN2[C@@H](CO1)C[C@H]1CCC[C@H]12. The number of rotatable bonds is 1. The number of hydrogen-bond donors (Lipinski definition) is 0. The molecule has 2 saturated heterocycles. The molecule has 3 rings (SSSR count). The Morgan fingerprint density at radius 1 is 1.36 bits per heavy atom. The summed E-state index contributed by atoms with van der Waals surface area (Å²) in [6, 6.07) is 1.70. The highest BCUT2D eigenvalue weighted by molar-refractivity contribution is 4.99. The predicted octanol–water partition coefficient (Wildman–Crippen LogP) is 2.04. The van der Waals surface area contributed by atoms with Gasteiger partial charge in [0.1, 0.15) is 0 Å². The largest absolute Gasteiger partial charge is 0.375 e. The molecule has 3 fully saturated rings. The summed E-state index contributed by atoms with van der Waals surface area (Å²) in [5.74, 6) is 1.01. The Bertz CT molecular complexity index is 218. The summed E-state index contributed by atoms with van der Waals surface area (Å²) in [4.78, 5) is 2.77. The minimum atomic E-state index is 0.519. The molecule has 0 radical (unpaired) electrons. The summed E-state index contributed by atoms with van der Waals surface area (Å²) < 4.78 is 5.86. The lowest BCUT2D eigenvalue weighted by Crippen LogP contribution is -2.49. The normalized spacial score (nSPS) is 47.8. The van der Waals surface area contributed by atoms with Crippen molar-refractivity contribution >= 4 is 0 Å². The first-order chi connectivity index (χ1) is 6.88. The molecule has 2 aliphatic heterocycles. The molecule has 0 aromatic rings. The van der Waals surface area contributed by atoms with E-state index in [4.69, 9.17) is 4.74 Å². The van der Waals surface area contributed by atoms with Crippen LogP contribution in [0.25, 0.3) is 0 Å². The third kappa shape index (κ3) is 1.31. The number of morpholine rings is 1. The van der Waals surface area contributed by atoms with Gasteiger partial charge in [-0.05, 0) is 31.6 Å². The topological polar surface area (TPSA) is 12.5 Å². The van der Waals surface area contributed by atoms with Gasteiger partial charge in [0.2, 0.25) is 0 Å². The average molecular weight is 195 g/mol. The molecular formula is C12H21NO. The molecule has 80 valence electrons. The standard InChI is InChI=1S/C12H21NO/c1-2-11-7-13-10(8-14-11)6-9-4-3-5-12(9)13/h9-12H,2-8H2,1H3/t9-,10-,11+,12-/m1/s1. The molecule has 2 nitrogen and oxygen atoms in total. The van der Waals surface area contributed by atoms with E-state index in [9.17, 15) is 0 Å². The van der Waals surface area contributed by atoms with E-state index in [0.29, 0.717) is 6.10 Å². The highest BCUT2D eigenvalue weighted by Crippen LogP contribution is 2.42. The average Bonchev–Trinajstić information content (AvgIpc) is 2.76. The second-order valence-corrected chi connectivity index (χ2v) is 5.21. The molecule has 0 amide bonds. The molecule has 4 atom stereocenters. The van der Waals surface area contributed by atoms with Gasteiger partial charge in [-0.15, -0.1) is 0 Å². The summed E-state index contributed by atoms with van der Waals surface area (Å²) in [6.07, 6.45) is 7.52. The van der Waals surface area contributed by atoms with Crippen molar-refractivity contribution in [2.45, 2.75) is 57.2 Å². The second kappa shape index (κ2) is 3.49. The first-order valence-electron chi connectivity index (χ1n) is 6.26. The van der Waals surface area contributed by atoms with Gasteiger partial charge in [-0.25, -0.2) is 0 Å². The molecular weight excluding hydrogens is 174 g/mol. The maximum Gasteiger partial charge on any atom is 0.0700 e. The lowest BCUT2D eigenvalue weighted by Gasteiger charge is -2.37. The van der Waals surface area contributed by atoms with Gasteiger partial charge in [-0.3, -0.25) is 4.90 Å². The van der Waals surface area contributed by atoms with Crippen molar-refractivity contribution in [1.82, 2.24) is 4.90 Å². The van der Waals surface area contributed by atoms with Crippen LogP contribution in [-0.2, 0) is 4.74 Å². The van der Waals surface area contributed by atoms with Gasteiger partial charge in [0.05, 0.1) is 12.7 Å². The van der Waals surface area contributed by atoms with Crippen LogP contribution in [-0.4, -0.2) is 36.2 Å². The van der Waals surface area contributed by atoms with Crippen LogP contribution in [0.15, 0.2) is 0 Å². The van der Waals surface area contributed by atoms with Crippen LogP contribution >= 0.6 is 0 Å². The number of nitrogens with zero attached hydrogens (tertiary/aromatic N) is 1. The summed E-state index contributed by atoms with van der Waals surface area (Å²) in [5, 5.41) is 0. The third-order valence-electron chi connectivity index (χ3n) is 4.48. The van der Waals surface area contributed by atoms with Gasteiger partial charge < -0.3 is 4.74 Å². The van der Waals surface area contributed by atoms with Gasteiger partial charge in [-0.1, -0.05) is 13.3 Å². The zero-order valence-electron chi connectivity index (χ0n) is 9.11. The summed E-state index contributed by atoms with van der Waals surface area (Å²) in [5.41, 5.74) is 0. The van der Waals surface area contributed by atoms with Crippen molar-refractivity contribution in [3.63, 3.8) is 0 Å². The lowest BCUT2D eigenvalue weighted by molar-refractivity contribution is -0.0611. The Morgan fingerprint density at radius 3 is 3.14 bits per heavy atom. The van der Waals surface area contributed by atoms with Crippen molar-refractivity contribution in [2.24, 2.45) is 5.92 Å². The van der Waals surface area contributed by atoms with Crippen LogP contribution in [0.3, 0.4) is 0 Å². The van der Waals surface area contributed by atoms with E-state index < -0.39 is 0 Å². The Labute approximate surface area is 86.6 Å². The van der Waals surface area contributed by atoms with Crippen LogP contribution < -0.4 is 0 Å². The molecule has 0 aromatic heterocycles. The van der Waals surface area contributed by atoms with Gasteiger partial charge in [0, 0.05) is 18.6 Å². The molecule has 0 N–H and O–H groups in total. The fourth-order valence-corrected chi connectivity index (χ4v) is 3.71. The molecule has 0 unspecified atom stereocenters. The Balaban J connectivity index is 1.72. The highest BCUT2D eigenvalue weighted by atomic mass is 16.5. The fourth-order valence-electron chi connectivity index (χ4n) is 3.71.